The van der Waals surface area contributed by atoms with E-state index in [0.29, 0.717) is 12.5 Å². The van der Waals surface area contributed by atoms with Crippen molar-refractivity contribution in [2.75, 3.05) is 19.7 Å². The van der Waals surface area contributed by atoms with E-state index in [1.807, 2.05) is 0 Å². The number of hydrogen-bond acceptors (Lipinski definition) is 3. The second-order valence-corrected chi connectivity index (χ2v) is 3.81. The van der Waals surface area contributed by atoms with Gasteiger partial charge in [-0.25, -0.2) is 4.39 Å². The number of nitrogens with one attached hydrogen (secondary N) is 1. The first kappa shape index (κ1) is 10.4. The van der Waals surface area contributed by atoms with Crippen LogP contribution in [0.3, 0.4) is 0 Å². The predicted molar refractivity (Wildman–Crippen MR) is 55.3 cm³/mol. The Kier molecular flexibility index (Phi) is 3.50. The van der Waals surface area contributed by atoms with Gasteiger partial charge in [0.1, 0.15) is 0 Å². The van der Waals surface area contributed by atoms with E-state index >= 15 is 0 Å². The van der Waals surface area contributed by atoms with E-state index < -0.39 is 0 Å². The van der Waals surface area contributed by atoms with E-state index in [-0.39, 0.29) is 11.6 Å². The monoisotopic (exact) mass is 210 g/mol. The number of pyridine rings is 1. The third-order valence-corrected chi connectivity index (χ3v) is 2.67. The van der Waals surface area contributed by atoms with Gasteiger partial charge in [-0.15, -0.1) is 0 Å². The summed E-state index contributed by atoms with van der Waals surface area (Å²) in [5.41, 5.74) is 0. The molecule has 0 spiro atoms. The van der Waals surface area contributed by atoms with Crippen molar-refractivity contribution in [2.24, 2.45) is 5.92 Å². The highest BCUT2D eigenvalue weighted by atomic mass is 19.1. The van der Waals surface area contributed by atoms with Crippen molar-refractivity contribution in [1.82, 2.24) is 10.3 Å². The Morgan fingerprint density at radius 1 is 1.47 bits per heavy atom. The molecular formula is C11H15FN2O. The lowest BCUT2D eigenvalue weighted by Crippen LogP contribution is -2.30. The highest BCUT2D eigenvalue weighted by Gasteiger charge is 2.14. The van der Waals surface area contributed by atoms with Gasteiger partial charge in [0.2, 0.25) is 0 Å². The molecule has 1 aromatic rings. The Morgan fingerprint density at radius 2 is 2.27 bits per heavy atom. The molecule has 0 bridgehead atoms. The van der Waals surface area contributed by atoms with Gasteiger partial charge < -0.3 is 10.1 Å². The maximum atomic E-state index is 13.2. The van der Waals surface area contributed by atoms with Crippen molar-refractivity contribution in [2.45, 2.75) is 12.8 Å². The molecule has 0 unspecified atom stereocenters. The molecule has 1 aliphatic heterocycles. The van der Waals surface area contributed by atoms with Crippen LogP contribution in [-0.4, -0.2) is 24.7 Å². The summed E-state index contributed by atoms with van der Waals surface area (Å²) in [6, 6.07) is 1.32. The minimum absolute atomic E-state index is 0.260. The lowest BCUT2D eigenvalue weighted by molar-refractivity contribution is 0.207. The lowest BCUT2D eigenvalue weighted by atomic mass is 9.99. The third kappa shape index (κ3) is 2.89. The topological polar surface area (TPSA) is 34.1 Å². The molecular weight excluding hydrogens is 195 g/mol. The van der Waals surface area contributed by atoms with Gasteiger partial charge in [0.05, 0.1) is 12.8 Å². The summed E-state index contributed by atoms with van der Waals surface area (Å²) < 4.78 is 18.6. The van der Waals surface area contributed by atoms with Crippen molar-refractivity contribution in [1.29, 1.82) is 0 Å². The van der Waals surface area contributed by atoms with Crippen LogP contribution in [0.15, 0.2) is 18.5 Å². The first-order valence-corrected chi connectivity index (χ1v) is 5.29. The van der Waals surface area contributed by atoms with Crippen LogP contribution in [0.4, 0.5) is 4.39 Å². The van der Waals surface area contributed by atoms with Crippen molar-refractivity contribution in [3.63, 3.8) is 0 Å². The average Bonchev–Trinajstić information content (AvgIpc) is 2.29. The van der Waals surface area contributed by atoms with Gasteiger partial charge in [-0.3, -0.25) is 4.98 Å². The first-order valence-electron chi connectivity index (χ1n) is 5.29. The number of halogens is 1. The largest absolute Gasteiger partial charge is 0.489 e. The van der Waals surface area contributed by atoms with Crippen LogP contribution >= 0.6 is 0 Å². The standard InChI is InChI=1S/C11H15FN2O/c12-10-3-6-14-7-11(10)15-8-9-1-4-13-5-2-9/h3,6-7,9,13H,1-2,4-5,8H2. The van der Waals surface area contributed by atoms with E-state index in [0.717, 1.165) is 25.9 Å². The summed E-state index contributed by atoms with van der Waals surface area (Å²) >= 11 is 0. The molecule has 0 aliphatic carbocycles. The van der Waals surface area contributed by atoms with Gasteiger partial charge in [-0.05, 0) is 37.9 Å². The summed E-state index contributed by atoms with van der Waals surface area (Å²) in [6.45, 7) is 2.65. The van der Waals surface area contributed by atoms with Crippen LogP contribution in [0.2, 0.25) is 0 Å². The van der Waals surface area contributed by atoms with Crippen molar-refractivity contribution < 1.29 is 9.13 Å². The molecule has 0 saturated carbocycles. The van der Waals surface area contributed by atoms with Crippen LogP contribution in [-0.2, 0) is 0 Å². The van der Waals surface area contributed by atoms with Gasteiger partial charge >= 0.3 is 0 Å². The van der Waals surface area contributed by atoms with E-state index in [9.17, 15) is 4.39 Å². The van der Waals surface area contributed by atoms with E-state index in [4.69, 9.17) is 4.74 Å². The van der Waals surface area contributed by atoms with Crippen molar-refractivity contribution in [3.05, 3.63) is 24.3 Å². The molecule has 0 radical (unpaired) electrons. The zero-order valence-corrected chi connectivity index (χ0v) is 8.58. The van der Waals surface area contributed by atoms with Gasteiger partial charge in [-0.1, -0.05) is 0 Å². The zero-order valence-electron chi connectivity index (χ0n) is 8.58. The Morgan fingerprint density at radius 3 is 3.00 bits per heavy atom. The molecule has 2 heterocycles. The maximum absolute atomic E-state index is 13.2. The highest BCUT2D eigenvalue weighted by molar-refractivity contribution is 5.18. The predicted octanol–water partition coefficient (Wildman–Crippen LogP) is 1.60. The van der Waals surface area contributed by atoms with Gasteiger partial charge in [0.15, 0.2) is 11.6 Å². The summed E-state index contributed by atoms with van der Waals surface area (Å²) in [7, 11) is 0. The summed E-state index contributed by atoms with van der Waals surface area (Å²) in [4.78, 5) is 3.83. The molecule has 15 heavy (non-hydrogen) atoms. The SMILES string of the molecule is Fc1ccncc1OCC1CCNCC1. The second-order valence-electron chi connectivity index (χ2n) is 3.81. The van der Waals surface area contributed by atoms with E-state index in [1.54, 1.807) is 0 Å². The van der Waals surface area contributed by atoms with Gasteiger partial charge in [-0.2, -0.15) is 0 Å². The normalized spacial score (nSPS) is 17.7. The van der Waals surface area contributed by atoms with Crippen molar-refractivity contribution >= 4 is 0 Å². The Balaban J connectivity index is 1.84. The molecule has 1 fully saturated rings. The molecule has 82 valence electrons. The Labute approximate surface area is 88.7 Å². The van der Waals surface area contributed by atoms with Gasteiger partial charge in [0.25, 0.3) is 0 Å². The lowest BCUT2D eigenvalue weighted by Gasteiger charge is -2.22. The average molecular weight is 210 g/mol. The summed E-state index contributed by atoms with van der Waals surface area (Å²) in [6.07, 6.45) is 5.05. The first-order chi connectivity index (χ1) is 7.36. The fourth-order valence-corrected chi connectivity index (χ4v) is 1.73. The quantitative estimate of drug-likeness (QED) is 0.822. The molecule has 3 nitrogen and oxygen atoms in total. The minimum Gasteiger partial charge on any atom is -0.489 e. The second kappa shape index (κ2) is 5.07. The van der Waals surface area contributed by atoms with Crippen LogP contribution in [0.5, 0.6) is 5.75 Å². The van der Waals surface area contributed by atoms with Crippen LogP contribution in [0.25, 0.3) is 0 Å². The summed E-state index contributed by atoms with van der Waals surface area (Å²) in [5.74, 6) is 0.459. The zero-order chi connectivity index (χ0) is 10.5. The Bertz CT molecular complexity index is 313. The minimum atomic E-state index is -0.334. The molecule has 4 heteroatoms. The number of piperidine rings is 1. The molecule has 1 saturated heterocycles. The fraction of sp³-hybridized carbons (Fsp3) is 0.545. The van der Waals surface area contributed by atoms with E-state index in [2.05, 4.69) is 10.3 Å². The number of nitrogens with zero attached hydrogens (tertiary/aromatic N) is 1. The third-order valence-electron chi connectivity index (χ3n) is 2.67. The van der Waals surface area contributed by atoms with E-state index in [1.165, 1.54) is 18.5 Å². The smallest absolute Gasteiger partial charge is 0.173 e. The molecule has 0 amide bonds. The number of ether oxygens (including phenoxy) is 1. The van der Waals surface area contributed by atoms with Gasteiger partial charge in [0, 0.05) is 6.20 Å². The molecule has 2 rings (SSSR count). The fourth-order valence-electron chi connectivity index (χ4n) is 1.73. The molecule has 0 atom stereocenters. The van der Waals surface area contributed by atoms with Crippen LogP contribution in [0.1, 0.15) is 12.8 Å². The Hall–Kier alpha value is -1.16. The molecule has 1 aromatic heterocycles. The molecule has 1 N–H and O–H groups in total. The molecule has 1 aliphatic rings. The highest BCUT2D eigenvalue weighted by Crippen LogP contribution is 2.17. The molecule has 0 aromatic carbocycles. The number of rotatable bonds is 3. The van der Waals surface area contributed by atoms with Crippen molar-refractivity contribution in [3.8, 4) is 5.75 Å². The number of aromatic nitrogens is 1. The summed E-state index contributed by atoms with van der Waals surface area (Å²) in [5, 5.41) is 3.28. The maximum Gasteiger partial charge on any atom is 0.173 e. The number of hydrogen-bond donors (Lipinski definition) is 1. The van der Waals surface area contributed by atoms with Crippen LogP contribution in [0, 0.1) is 11.7 Å². The van der Waals surface area contributed by atoms with Crippen LogP contribution < -0.4 is 10.1 Å².